The van der Waals surface area contributed by atoms with E-state index in [1.165, 1.54) is 6.07 Å². The maximum Gasteiger partial charge on any atom is 0.255 e. The molecule has 26 heavy (non-hydrogen) atoms. The van der Waals surface area contributed by atoms with E-state index in [1.54, 1.807) is 47.2 Å². The van der Waals surface area contributed by atoms with Crippen molar-refractivity contribution >= 4 is 5.91 Å². The minimum absolute atomic E-state index is 0.0314. The van der Waals surface area contributed by atoms with Crippen molar-refractivity contribution in [1.82, 2.24) is 14.8 Å². The topological polar surface area (TPSA) is 80.4 Å². The third kappa shape index (κ3) is 4.03. The molecule has 1 aliphatic heterocycles. The molecule has 0 bridgehead atoms. The van der Waals surface area contributed by atoms with Gasteiger partial charge in [0.2, 0.25) is 0 Å². The van der Waals surface area contributed by atoms with E-state index in [4.69, 9.17) is 5.73 Å². The molecule has 1 aliphatic rings. The molecular weight excluding hydrogens is 328 g/mol. The van der Waals surface area contributed by atoms with Gasteiger partial charge in [-0.1, -0.05) is 6.07 Å². The van der Waals surface area contributed by atoms with Crippen LogP contribution in [-0.2, 0) is 0 Å². The van der Waals surface area contributed by atoms with Crippen molar-refractivity contribution in [2.45, 2.75) is 38.4 Å². The summed E-state index contributed by atoms with van der Waals surface area (Å²) < 4.78 is 1.54. The van der Waals surface area contributed by atoms with E-state index >= 15 is 0 Å². The first-order valence-electron chi connectivity index (χ1n) is 9.04. The van der Waals surface area contributed by atoms with E-state index in [2.05, 4.69) is 24.1 Å². The molecule has 3 rings (SSSR count). The Kier molecular flexibility index (Phi) is 5.54. The molecule has 3 N–H and O–H groups in total. The van der Waals surface area contributed by atoms with Gasteiger partial charge in [0.05, 0.1) is 6.04 Å². The number of carbonyl (C=O) groups is 1. The van der Waals surface area contributed by atoms with Gasteiger partial charge in [0, 0.05) is 48.7 Å². The molecule has 2 atom stereocenters. The van der Waals surface area contributed by atoms with Gasteiger partial charge in [0.1, 0.15) is 0 Å². The van der Waals surface area contributed by atoms with Crippen LogP contribution in [0.3, 0.4) is 0 Å². The quantitative estimate of drug-likeness (QED) is 0.869. The summed E-state index contributed by atoms with van der Waals surface area (Å²) in [5, 5.41) is 3.07. The molecular formula is C20H26N4O2. The fourth-order valence-electron chi connectivity index (χ4n) is 3.28. The standard InChI is InChI=1S/C20H26N4O2/c1-14(2)23-12-10-17(21)18(13-23)22-20(26)15-6-8-16(9-7-15)24-11-4-3-5-19(24)25/h3-9,11,14,17-18H,10,12-13,21H2,1-2H3,(H,22,26). The van der Waals surface area contributed by atoms with Gasteiger partial charge >= 0.3 is 0 Å². The largest absolute Gasteiger partial charge is 0.346 e. The molecule has 0 saturated carbocycles. The molecule has 6 nitrogen and oxygen atoms in total. The lowest BCUT2D eigenvalue weighted by Crippen LogP contribution is -2.59. The van der Waals surface area contributed by atoms with Gasteiger partial charge in [-0.2, -0.15) is 0 Å². The Morgan fingerprint density at radius 2 is 1.92 bits per heavy atom. The molecule has 1 amide bonds. The number of aromatic nitrogens is 1. The van der Waals surface area contributed by atoms with Gasteiger partial charge in [-0.05, 0) is 50.6 Å². The average molecular weight is 354 g/mol. The van der Waals surface area contributed by atoms with Crippen LogP contribution >= 0.6 is 0 Å². The maximum absolute atomic E-state index is 12.6. The number of amides is 1. The summed E-state index contributed by atoms with van der Waals surface area (Å²) >= 11 is 0. The number of nitrogens with two attached hydrogens (primary N) is 1. The van der Waals surface area contributed by atoms with Gasteiger partial charge in [-0.25, -0.2) is 0 Å². The Hall–Kier alpha value is -2.44. The van der Waals surface area contributed by atoms with Crippen molar-refractivity contribution in [2.24, 2.45) is 5.73 Å². The van der Waals surface area contributed by atoms with Gasteiger partial charge in [0.25, 0.3) is 11.5 Å². The first kappa shape index (κ1) is 18.4. The lowest BCUT2D eigenvalue weighted by Gasteiger charge is -2.39. The Morgan fingerprint density at radius 3 is 2.58 bits per heavy atom. The molecule has 2 aromatic rings. The third-order valence-corrected chi connectivity index (χ3v) is 4.97. The van der Waals surface area contributed by atoms with Crippen LogP contribution in [0.2, 0.25) is 0 Å². The second-order valence-electron chi connectivity index (χ2n) is 7.08. The van der Waals surface area contributed by atoms with E-state index in [9.17, 15) is 9.59 Å². The Bertz CT molecular complexity index is 813. The van der Waals surface area contributed by atoms with Crippen LogP contribution in [0.15, 0.2) is 53.5 Å². The fraction of sp³-hybridized carbons (Fsp3) is 0.400. The normalized spacial score (nSPS) is 20.9. The summed E-state index contributed by atoms with van der Waals surface area (Å²) in [6, 6.07) is 12.4. The van der Waals surface area contributed by atoms with Crippen molar-refractivity contribution in [3.05, 3.63) is 64.6 Å². The predicted molar refractivity (Wildman–Crippen MR) is 103 cm³/mol. The summed E-state index contributed by atoms with van der Waals surface area (Å²) in [4.78, 5) is 26.8. The van der Waals surface area contributed by atoms with Crippen LogP contribution in [0.4, 0.5) is 0 Å². The number of hydrogen-bond donors (Lipinski definition) is 2. The SMILES string of the molecule is CC(C)N1CCC(N)C(NC(=O)c2ccc(-n3ccccc3=O)cc2)C1. The molecule has 0 aliphatic carbocycles. The molecule has 138 valence electrons. The number of piperidine rings is 1. The molecule has 1 fully saturated rings. The van der Waals surface area contributed by atoms with Crippen molar-refractivity contribution in [2.75, 3.05) is 13.1 Å². The average Bonchev–Trinajstić information content (AvgIpc) is 2.64. The molecule has 0 spiro atoms. The van der Waals surface area contributed by atoms with Crippen LogP contribution < -0.4 is 16.6 Å². The zero-order chi connectivity index (χ0) is 18.7. The second-order valence-corrected chi connectivity index (χ2v) is 7.08. The highest BCUT2D eigenvalue weighted by Crippen LogP contribution is 2.14. The first-order valence-corrected chi connectivity index (χ1v) is 9.04. The van der Waals surface area contributed by atoms with E-state index in [0.717, 1.165) is 25.2 Å². The minimum atomic E-state index is -0.136. The van der Waals surface area contributed by atoms with Crippen LogP contribution in [0.1, 0.15) is 30.6 Å². The number of hydrogen-bond acceptors (Lipinski definition) is 4. The van der Waals surface area contributed by atoms with Crippen molar-refractivity contribution in [3.63, 3.8) is 0 Å². The van der Waals surface area contributed by atoms with Crippen LogP contribution in [0.5, 0.6) is 0 Å². The number of likely N-dealkylation sites (tertiary alicyclic amines) is 1. The molecule has 1 aromatic heterocycles. The third-order valence-electron chi connectivity index (χ3n) is 4.97. The molecule has 1 saturated heterocycles. The highest BCUT2D eigenvalue weighted by atomic mass is 16.1. The summed E-state index contributed by atoms with van der Waals surface area (Å²) in [5.41, 5.74) is 7.39. The number of rotatable bonds is 4. The summed E-state index contributed by atoms with van der Waals surface area (Å²) in [7, 11) is 0. The summed E-state index contributed by atoms with van der Waals surface area (Å²) in [6.45, 7) is 6.04. The zero-order valence-corrected chi connectivity index (χ0v) is 15.3. The second kappa shape index (κ2) is 7.85. The number of pyridine rings is 1. The zero-order valence-electron chi connectivity index (χ0n) is 15.3. The number of carbonyl (C=O) groups excluding carboxylic acids is 1. The van der Waals surface area contributed by atoms with E-state index < -0.39 is 0 Å². The molecule has 2 unspecified atom stereocenters. The van der Waals surface area contributed by atoms with Crippen LogP contribution in [-0.4, -0.2) is 46.6 Å². The van der Waals surface area contributed by atoms with E-state index in [0.29, 0.717) is 11.6 Å². The first-order chi connectivity index (χ1) is 12.5. The molecule has 2 heterocycles. The smallest absolute Gasteiger partial charge is 0.255 e. The van der Waals surface area contributed by atoms with Gasteiger partial charge < -0.3 is 11.1 Å². The highest BCUT2D eigenvalue weighted by molar-refractivity contribution is 5.94. The maximum atomic E-state index is 12.6. The lowest BCUT2D eigenvalue weighted by molar-refractivity contribution is 0.0865. The number of nitrogens with one attached hydrogen (secondary N) is 1. The predicted octanol–water partition coefficient (Wildman–Crippen LogP) is 1.38. The monoisotopic (exact) mass is 354 g/mol. The van der Waals surface area contributed by atoms with Crippen LogP contribution in [0.25, 0.3) is 5.69 Å². The molecule has 6 heteroatoms. The fourth-order valence-corrected chi connectivity index (χ4v) is 3.28. The van der Waals surface area contributed by atoms with Gasteiger partial charge in [0.15, 0.2) is 0 Å². The highest BCUT2D eigenvalue weighted by Gasteiger charge is 2.29. The van der Waals surface area contributed by atoms with E-state index in [-0.39, 0.29) is 23.6 Å². The molecule has 0 radical (unpaired) electrons. The van der Waals surface area contributed by atoms with Crippen LogP contribution in [0, 0.1) is 0 Å². The molecule has 1 aromatic carbocycles. The summed E-state index contributed by atoms with van der Waals surface area (Å²) in [6.07, 6.45) is 2.58. The Balaban J connectivity index is 1.70. The van der Waals surface area contributed by atoms with Crippen molar-refractivity contribution < 1.29 is 4.79 Å². The van der Waals surface area contributed by atoms with E-state index in [1.807, 2.05) is 0 Å². The Morgan fingerprint density at radius 1 is 1.19 bits per heavy atom. The number of benzene rings is 1. The van der Waals surface area contributed by atoms with Gasteiger partial charge in [-0.15, -0.1) is 0 Å². The summed E-state index contributed by atoms with van der Waals surface area (Å²) in [5.74, 6) is -0.136. The van der Waals surface area contributed by atoms with Crippen molar-refractivity contribution in [3.8, 4) is 5.69 Å². The Labute approximate surface area is 153 Å². The number of nitrogens with zero attached hydrogens (tertiary/aromatic N) is 2. The lowest BCUT2D eigenvalue weighted by atomic mass is 9.98. The van der Waals surface area contributed by atoms with Gasteiger partial charge in [-0.3, -0.25) is 19.1 Å². The minimum Gasteiger partial charge on any atom is -0.346 e. The van der Waals surface area contributed by atoms with Crippen molar-refractivity contribution in [1.29, 1.82) is 0 Å².